The maximum atomic E-state index is 12.0. The molecule has 0 fully saturated rings. The van der Waals surface area contributed by atoms with E-state index in [0.29, 0.717) is 6.08 Å². The Morgan fingerprint density at radius 3 is 2.18 bits per heavy atom. The van der Waals surface area contributed by atoms with Crippen molar-refractivity contribution < 1.29 is 27.5 Å². The van der Waals surface area contributed by atoms with Crippen LogP contribution in [0.25, 0.3) is 0 Å². The minimum Gasteiger partial charge on any atom is -0.401 e. The number of halogens is 3. The Labute approximate surface area is 93.5 Å². The third-order valence-corrected chi connectivity index (χ3v) is 2.15. The molecule has 1 aliphatic carbocycles. The number of fused-ring (bicyclic) bond motifs is 1. The van der Waals surface area contributed by atoms with Crippen LogP contribution in [0.2, 0.25) is 0 Å². The number of rotatable bonds is 1. The molecule has 1 aromatic rings. The number of carbonyl (C=O) groups excluding carboxylic acids is 2. The van der Waals surface area contributed by atoms with Gasteiger partial charge in [-0.2, -0.15) is 0 Å². The molecule has 1 aliphatic rings. The normalized spacial score (nSPS) is 15.4. The van der Waals surface area contributed by atoms with Gasteiger partial charge in [-0.15, -0.1) is 13.2 Å². The predicted octanol–water partition coefficient (Wildman–Crippen LogP) is 2.49. The lowest BCUT2D eigenvalue weighted by molar-refractivity contribution is -0.302. The van der Waals surface area contributed by atoms with Crippen molar-refractivity contribution in [2.75, 3.05) is 0 Å². The van der Waals surface area contributed by atoms with Crippen molar-refractivity contribution in [3.63, 3.8) is 0 Å². The number of hydrogen-bond acceptors (Lipinski definition) is 3. The molecule has 0 spiro atoms. The molecule has 0 aromatic heterocycles. The highest BCUT2D eigenvalue weighted by Gasteiger charge is 2.37. The Bertz CT molecular complexity index is 529. The summed E-state index contributed by atoms with van der Waals surface area (Å²) in [5.41, 5.74) is -0.00808. The number of ketones is 2. The van der Waals surface area contributed by atoms with Crippen LogP contribution >= 0.6 is 0 Å². The number of allylic oxidation sites excluding steroid dienone is 2. The van der Waals surface area contributed by atoms with E-state index in [-0.39, 0.29) is 11.1 Å². The van der Waals surface area contributed by atoms with E-state index in [4.69, 9.17) is 0 Å². The molecule has 88 valence electrons. The van der Waals surface area contributed by atoms with Gasteiger partial charge in [-0.1, -0.05) is 24.3 Å². The van der Waals surface area contributed by atoms with Crippen LogP contribution in [-0.2, 0) is 4.74 Å². The Morgan fingerprint density at radius 2 is 1.59 bits per heavy atom. The molecular formula is C11H5F3O3. The molecule has 3 nitrogen and oxygen atoms in total. The van der Waals surface area contributed by atoms with Crippen LogP contribution in [0.3, 0.4) is 0 Å². The van der Waals surface area contributed by atoms with Crippen molar-refractivity contribution in [1.29, 1.82) is 0 Å². The summed E-state index contributed by atoms with van der Waals surface area (Å²) < 4.78 is 39.5. The van der Waals surface area contributed by atoms with Gasteiger partial charge in [0.1, 0.15) is 0 Å². The third kappa shape index (κ3) is 2.20. The van der Waals surface area contributed by atoms with Crippen LogP contribution in [0, 0.1) is 0 Å². The minimum absolute atomic E-state index is 0.0759. The number of benzene rings is 1. The zero-order valence-electron chi connectivity index (χ0n) is 8.25. The number of hydrogen-bond donors (Lipinski definition) is 0. The van der Waals surface area contributed by atoms with Gasteiger partial charge in [0.25, 0.3) is 0 Å². The summed E-state index contributed by atoms with van der Waals surface area (Å²) >= 11 is 0. The molecule has 0 N–H and O–H groups in total. The first kappa shape index (κ1) is 11.4. The van der Waals surface area contributed by atoms with Gasteiger partial charge < -0.3 is 4.74 Å². The summed E-state index contributed by atoms with van der Waals surface area (Å²) in [6, 6.07) is 5.63. The average Bonchev–Trinajstić information content (AvgIpc) is 2.24. The second-order valence-corrected chi connectivity index (χ2v) is 3.30. The van der Waals surface area contributed by atoms with E-state index in [1.807, 2.05) is 0 Å². The molecule has 0 bridgehead atoms. The van der Waals surface area contributed by atoms with E-state index in [2.05, 4.69) is 4.74 Å². The molecule has 17 heavy (non-hydrogen) atoms. The van der Waals surface area contributed by atoms with E-state index < -0.39 is 23.7 Å². The fourth-order valence-corrected chi connectivity index (χ4v) is 1.49. The monoisotopic (exact) mass is 242 g/mol. The molecule has 0 atom stereocenters. The van der Waals surface area contributed by atoms with E-state index in [1.54, 1.807) is 0 Å². The zero-order chi connectivity index (χ0) is 12.6. The topological polar surface area (TPSA) is 43.4 Å². The van der Waals surface area contributed by atoms with Gasteiger partial charge in [0.2, 0.25) is 5.78 Å². The van der Waals surface area contributed by atoms with Gasteiger partial charge in [-0.25, -0.2) is 0 Å². The van der Waals surface area contributed by atoms with E-state index in [0.717, 1.165) is 0 Å². The second kappa shape index (κ2) is 3.73. The SMILES string of the molecule is O=C1C=C(OC(F)(F)F)C(=O)c2ccccc21. The number of Topliss-reactive ketones (excluding diaryl/α,β-unsaturated/α-hetero) is 1. The first-order valence-corrected chi connectivity index (χ1v) is 4.54. The Kier molecular flexibility index (Phi) is 2.49. The molecule has 0 heterocycles. The fraction of sp³-hybridized carbons (Fsp3) is 0.0909. The maximum Gasteiger partial charge on any atom is 0.573 e. The molecule has 0 radical (unpaired) electrons. The third-order valence-electron chi connectivity index (χ3n) is 2.15. The lowest BCUT2D eigenvalue weighted by Crippen LogP contribution is -2.23. The summed E-state index contributed by atoms with van der Waals surface area (Å²) in [6.07, 6.45) is -4.44. The largest absolute Gasteiger partial charge is 0.573 e. The van der Waals surface area contributed by atoms with Gasteiger partial charge in [0, 0.05) is 17.2 Å². The summed E-state index contributed by atoms with van der Waals surface area (Å²) in [5.74, 6) is -2.63. The predicted molar refractivity (Wildman–Crippen MR) is 50.3 cm³/mol. The number of alkyl halides is 3. The van der Waals surface area contributed by atoms with Crippen LogP contribution in [0.5, 0.6) is 0 Å². The molecule has 0 saturated carbocycles. The summed E-state index contributed by atoms with van der Waals surface area (Å²) in [5, 5.41) is 0. The van der Waals surface area contributed by atoms with Gasteiger partial charge in [-0.05, 0) is 0 Å². The maximum absolute atomic E-state index is 12.0. The van der Waals surface area contributed by atoms with Crippen LogP contribution < -0.4 is 0 Å². The summed E-state index contributed by atoms with van der Waals surface area (Å²) in [7, 11) is 0. The van der Waals surface area contributed by atoms with Crippen molar-refractivity contribution in [3.8, 4) is 0 Å². The molecular weight excluding hydrogens is 237 g/mol. The molecule has 0 aliphatic heterocycles. The van der Waals surface area contributed by atoms with Crippen molar-refractivity contribution >= 4 is 11.6 Å². The molecule has 0 unspecified atom stereocenters. The van der Waals surface area contributed by atoms with Crippen LogP contribution in [0.4, 0.5) is 13.2 Å². The Balaban J connectivity index is 2.42. The second-order valence-electron chi connectivity index (χ2n) is 3.30. The summed E-state index contributed by atoms with van der Waals surface area (Å²) in [4.78, 5) is 23.0. The van der Waals surface area contributed by atoms with Gasteiger partial charge >= 0.3 is 6.36 Å². The first-order valence-electron chi connectivity index (χ1n) is 4.54. The number of carbonyl (C=O) groups is 2. The van der Waals surface area contributed by atoms with Gasteiger partial charge in [-0.3, -0.25) is 9.59 Å². The highest BCUT2D eigenvalue weighted by Crippen LogP contribution is 2.27. The highest BCUT2D eigenvalue weighted by atomic mass is 19.4. The number of ether oxygens (including phenoxy) is 1. The van der Waals surface area contributed by atoms with E-state index in [9.17, 15) is 22.8 Å². The first-order chi connectivity index (χ1) is 7.88. The molecule has 1 aromatic carbocycles. The zero-order valence-corrected chi connectivity index (χ0v) is 8.25. The fourth-order valence-electron chi connectivity index (χ4n) is 1.49. The Morgan fingerprint density at radius 1 is 1.00 bits per heavy atom. The van der Waals surface area contributed by atoms with Crippen LogP contribution in [0.1, 0.15) is 20.7 Å². The minimum atomic E-state index is -4.99. The van der Waals surface area contributed by atoms with Gasteiger partial charge in [0.15, 0.2) is 11.5 Å². The van der Waals surface area contributed by atoms with Gasteiger partial charge in [0.05, 0.1) is 0 Å². The lowest BCUT2D eigenvalue weighted by Gasteiger charge is -2.16. The molecule has 6 heteroatoms. The van der Waals surface area contributed by atoms with Crippen molar-refractivity contribution in [2.24, 2.45) is 0 Å². The van der Waals surface area contributed by atoms with Crippen LogP contribution in [-0.4, -0.2) is 17.9 Å². The summed E-state index contributed by atoms with van der Waals surface area (Å²) in [6.45, 7) is 0. The Hall–Kier alpha value is -2.11. The van der Waals surface area contributed by atoms with Crippen molar-refractivity contribution in [3.05, 3.63) is 47.2 Å². The lowest BCUT2D eigenvalue weighted by atomic mass is 9.94. The van der Waals surface area contributed by atoms with Crippen molar-refractivity contribution in [2.45, 2.75) is 6.36 Å². The molecule has 0 amide bonds. The van der Waals surface area contributed by atoms with E-state index in [1.165, 1.54) is 24.3 Å². The average molecular weight is 242 g/mol. The highest BCUT2D eigenvalue weighted by molar-refractivity contribution is 6.23. The standard InChI is InChI=1S/C11H5F3O3/c12-11(13,14)17-9-5-8(15)6-3-1-2-4-7(6)10(9)16/h1-5H. The quantitative estimate of drug-likeness (QED) is 0.759. The smallest absolute Gasteiger partial charge is 0.401 e. The van der Waals surface area contributed by atoms with E-state index >= 15 is 0 Å². The van der Waals surface area contributed by atoms with Crippen LogP contribution in [0.15, 0.2) is 36.1 Å². The molecule has 2 rings (SSSR count). The molecule has 0 saturated heterocycles. The van der Waals surface area contributed by atoms with Crippen molar-refractivity contribution in [1.82, 2.24) is 0 Å².